The minimum atomic E-state index is -0.323. The van der Waals surface area contributed by atoms with Gasteiger partial charge in [0.2, 0.25) is 5.91 Å². The summed E-state index contributed by atoms with van der Waals surface area (Å²) in [7, 11) is 0. The van der Waals surface area contributed by atoms with E-state index in [0.29, 0.717) is 25.3 Å². The quantitative estimate of drug-likeness (QED) is 0.907. The normalized spacial score (nSPS) is 29.7. The number of hydrogen-bond acceptors (Lipinski definition) is 3. The number of carbonyl (C=O) groups is 1. The maximum absolute atomic E-state index is 12.2. The predicted octanol–water partition coefficient (Wildman–Crippen LogP) is 2.56. The summed E-state index contributed by atoms with van der Waals surface area (Å²) >= 11 is 0. The van der Waals surface area contributed by atoms with E-state index < -0.39 is 0 Å². The van der Waals surface area contributed by atoms with Crippen LogP contribution in [0.2, 0.25) is 0 Å². The first-order valence-electron chi connectivity index (χ1n) is 8.09. The Morgan fingerprint density at radius 3 is 2.90 bits per heavy atom. The van der Waals surface area contributed by atoms with Crippen molar-refractivity contribution in [1.29, 1.82) is 0 Å². The third-order valence-corrected chi connectivity index (χ3v) is 5.00. The lowest BCUT2D eigenvalue weighted by molar-refractivity contribution is -0.130. The number of amides is 1. The molecule has 1 aromatic rings. The number of nitrogens with zero attached hydrogens (tertiary/aromatic N) is 1. The third kappa shape index (κ3) is 3.31. The molecule has 0 aromatic carbocycles. The van der Waals surface area contributed by atoms with Crippen molar-refractivity contribution in [2.24, 2.45) is 11.8 Å². The van der Waals surface area contributed by atoms with Crippen LogP contribution in [-0.4, -0.2) is 35.1 Å². The molecule has 4 unspecified atom stereocenters. The predicted molar refractivity (Wildman–Crippen MR) is 79.9 cm³/mol. The van der Waals surface area contributed by atoms with Gasteiger partial charge in [-0.2, -0.15) is 0 Å². The fourth-order valence-electron chi connectivity index (χ4n) is 3.24. The highest BCUT2D eigenvalue weighted by Crippen LogP contribution is 2.47. The fourth-order valence-corrected chi connectivity index (χ4v) is 3.24. The lowest BCUT2D eigenvalue weighted by atomic mass is 10.0. The van der Waals surface area contributed by atoms with Crippen molar-refractivity contribution in [2.45, 2.75) is 51.6 Å². The van der Waals surface area contributed by atoms with Crippen LogP contribution in [0.15, 0.2) is 16.5 Å². The molecule has 2 aliphatic rings. The summed E-state index contributed by atoms with van der Waals surface area (Å²) in [6.07, 6.45) is 2.99. The summed E-state index contributed by atoms with van der Waals surface area (Å²) in [4.78, 5) is 14.1. The second kappa shape index (κ2) is 5.84. The summed E-state index contributed by atoms with van der Waals surface area (Å²) in [5.74, 6) is 3.76. The average Bonchev–Trinajstić information content (AvgIpc) is 2.90. The molecule has 1 N–H and O–H groups in total. The topological polar surface area (TPSA) is 53.7 Å². The zero-order chi connectivity index (χ0) is 15.0. The van der Waals surface area contributed by atoms with Gasteiger partial charge in [-0.15, -0.1) is 0 Å². The number of aryl methyl sites for hydroxylation is 1. The van der Waals surface area contributed by atoms with Crippen LogP contribution in [0.1, 0.15) is 50.5 Å². The van der Waals surface area contributed by atoms with Gasteiger partial charge in [0.05, 0.1) is 6.10 Å². The largest absolute Gasteiger partial charge is 0.466 e. The van der Waals surface area contributed by atoms with E-state index in [4.69, 9.17) is 4.42 Å². The zero-order valence-corrected chi connectivity index (χ0v) is 12.9. The van der Waals surface area contributed by atoms with Gasteiger partial charge < -0.3 is 14.4 Å². The van der Waals surface area contributed by atoms with Crippen LogP contribution in [0.25, 0.3) is 0 Å². The van der Waals surface area contributed by atoms with Crippen molar-refractivity contribution in [3.63, 3.8) is 0 Å². The lowest BCUT2D eigenvalue weighted by Gasteiger charge is -2.17. The second-order valence-corrected chi connectivity index (χ2v) is 6.75. The number of aliphatic hydroxyl groups excluding tert-OH is 1. The Bertz CT molecular complexity index is 508. The molecule has 1 saturated heterocycles. The zero-order valence-electron chi connectivity index (χ0n) is 12.9. The molecule has 1 aliphatic heterocycles. The average molecular weight is 291 g/mol. The van der Waals surface area contributed by atoms with Crippen molar-refractivity contribution >= 4 is 5.91 Å². The molecule has 1 saturated carbocycles. The Hall–Kier alpha value is -1.29. The van der Waals surface area contributed by atoms with Crippen LogP contribution < -0.4 is 0 Å². The minimum Gasteiger partial charge on any atom is -0.466 e. The number of furan rings is 1. The first-order valence-corrected chi connectivity index (χ1v) is 8.09. The molecule has 1 amide bonds. The van der Waals surface area contributed by atoms with Crippen molar-refractivity contribution < 1.29 is 14.3 Å². The van der Waals surface area contributed by atoms with Crippen molar-refractivity contribution in [1.82, 2.24) is 4.90 Å². The molecular weight excluding hydrogens is 266 g/mol. The first-order chi connectivity index (χ1) is 10.0. The van der Waals surface area contributed by atoms with Gasteiger partial charge in [0, 0.05) is 37.8 Å². The van der Waals surface area contributed by atoms with Crippen molar-refractivity contribution in [3.05, 3.63) is 23.7 Å². The molecule has 4 heteroatoms. The first kappa shape index (κ1) is 14.6. The Labute approximate surface area is 126 Å². The van der Waals surface area contributed by atoms with E-state index in [0.717, 1.165) is 30.4 Å². The summed E-state index contributed by atoms with van der Waals surface area (Å²) in [6, 6.07) is 4.07. The molecule has 2 heterocycles. The Kier molecular flexibility index (Phi) is 4.07. The summed E-state index contributed by atoms with van der Waals surface area (Å²) in [5, 5.41) is 9.59. The molecule has 3 rings (SSSR count). The molecule has 116 valence electrons. The summed E-state index contributed by atoms with van der Waals surface area (Å²) in [5.41, 5.74) is 0. The van der Waals surface area contributed by atoms with E-state index in [1.807, 2.05) is 17.9 Å². The van der Waals surface area contributed by atoms with Gasteiger partial charge in [0.1, 0.15) is 11.5 Å². The summed E-state index contributed by atoms with van der Waals surface area (Å²) < 4.78 is 5.84. The molecular formula is C17H25NO3. The Morgan fingerprint density at radius 2 is 2.29 bits per heavy atom. The van der Waals surface area contributed by atoms with Crippen LogP contribution in [-0.2, 0) is 11.2 Å². The van der Waals surface area contributed by atoms with Gasteiger partial charge in [-0.25, -0.2) is 0 Å². The van der Waals surface area contributed by atoms with Crippen LogP contribution >= 0.6 is 0 Å². The van der Waals surface area contributed by atoms with E-state index in [-0.39, 0.29) is 17.9 Å². The molecule has 4 nitrogen and oxygen atoms in total. The third-order valence-electron chi connectivity index (χ3n) is 5.00. The van der Waals surface area contributed by atoms with Gasteiger partial charge >= 0.3 is 0 Å². The SMILES string of the molecule is CC(O)C1CCN(C(=O)CCc2ccc(C3CC3C)o2)C1. The number of carbonyl (C=O) groups excluding carboxylic acids is 1. The van der Waals surface area contributed by atoms with Gasteiger partial charge in [-0.3, -0.25) is 4.79 Å². The maximum Gasteiger partial charge on any atom is 0.223 e. The fraction of sp³-hybridized carbons (Fsp3) is 0.706. The monoisotopic (exact) mass is 291 g/mol. The van der Waals surface area contributed by atoms with Gasteiger partial charge in [0.25, 0.3) is 0 Å². The van der Waals surface area contributed by atoms with E-state index >= 15 is 0 Å². The van der Waals surface area contributed by atoms with E-state index in [9.17, 15) is 9.90 Å². The molecule has 0 radical (unpaired) electrons. The standard InChI is InChI=1S/C17H25NO3/c1-11-9-15(11)16-5-3-14(21-16)4-6-17(20)18-8-7-13(10-18)12(2)19/h3,5,11-13,15,19H,4,6-10H2,1-2H3. The minimum absolute atomic E-state index is 0.177. The van der Waals surface area contributed by atoms with Gasteiger partial charge in [-0.1, -0.05) is 6.92 Å². The Morgan fingerprint density at radius 1 is 1.52 bits per heavy atom. The summed E-state index contributed by atoms with van der Waals surface area (Å²) in [6.45, 7) is 5.51. The smallest absolute Gasteiger partial charge is 0.223 e. The van der Waals surface area contributed by atoms with Crippen LogP contribution in [0.5, 0.6) is 0 Å². The van der Waals surface area contributed by atoms with E-state index in [1.54, 1.807) is 0 Å². The molecule has 0 bridgehead atoms. The van der Waals surface area contributed by atoms with Crippen LogP contribution in [0.3, 0.4) is 0 Å². The Balaban J connectivity index is 1.46. The van der Waals surface area contributed by atoms with Gasteiger partial charge in [-0.05, 0) is 37.8 Å². The molecule has 1 aliphatic carbocycles. The molecule has 2 fully saturated rings. The van der Waals surface area contributed by atoms with Crippen LogP contribution in [0, 0.1) is 11.8 Å². The molecule has 0 spiro atoms. The number of hydrogen-bond donors (Lipinski definition) is 1. The molecule has 4 atom stereocenters. The van der Waals surface area contributed by atoms with E-state index in [1.165, 1.54) is 6.42 Å². The second-order valence-electron chi connectivity index (χ2n) is 6.75. The number of likely N-dealkylation sites (tertiary alicyclic amines) is 1. The number of aliphatic hydroxyl groups is 1. The molecule has 21 heavy (non-hydrogen) atoms. The lowest BCUT2D eigenvalue weighted by Crippen LogP contribution is -2.30. The molecule has 1 aromatic heterocycles. The number of rotatable bonds is 5. The van der Waals surface area contributed by atoms with Crippen molar-refractivity contribution in [3.8, 4) is 0 Å². The highest BCUT2D eigenvalue weighted by atomic mass is 16.3. The van der Waals surface area contributed by atoms with Gasteiger partial charge in [0.15, 0.2) is 0 Å². The van der Waals surface area contributed by atoms with E-state index in [2.05, 4.69) is 13.0 Å². The highest BCUT2D eigenvalue weighted by molar-refractivity contribution is 5.76. The van der Waals surface area contributed by atoms with Crippen molar-refractivity contribution in [2.75, 3.05) is 13.1 Å². The van der Waals surface area contributed by atoms with Crippen LogP contribution in [0.4, 0.5) is 0 Å². The highest BCUT2D eigenvalue weighted by Gasteiger charge is 2.36. The maximum atomic E-state index is 12.2.